The average Bonchev–Trinajstić information content (AvgIpc) is 2.95. The third-order valence-electron chi connectivity index (χ3n) is 5.42. The van der Waals surface area contributed by atoms with Crippen molar-refractivity contribution in [1.29, 1.82) is 0 Å². The summed E-state index contributed by atoms with van der Waals surface area (Å²) in [6.45, 7) is 0. The largest absolute Gasteiger partial charge is 0.390 e. The van der Waals surface area contributed by atoms with Gasteiger partial charge in [0.2, 0.25) is 0 Å². The smallest absolute Gasteiger partial charge is 0.0687 e. The van der Waals surface area contributed by atoms with Crippen LogP contribution in [0.15, 0.2) is 0 Å². The molecule has 18 heavy (non-hydrogen) atoms. The fraction of sp³-hybridized carbons (Fsp3) is 1.00. The minimum atomic E-state index is -0.495. The topological polar surface area (TPSA) is 55.5 Å². The van der Waals surface area contributed by atoms with Gasteiger partial charge in [-0.1, -0.05) is 12.8 Å². The average molecular weight is 253 g/mol. The van der Waals surface area contributed by atoms with Crippen LogP contribution in [0.25, 0.3) is 0 Å². The van der Waals surface area contributed by atoms with Crippen molar-refractivity contribution in [3.05, 3.63) is 0 Å². The van der Waals surface area contributed by atoms with E-state index in [-0.39, 0.29) is 5.60 Å². The van der Waals surface area contributed by atoms with E-state index in [9.17, 15) is 5.11 Å². The Kier molecular flexibility index (Phi) is 3.41. The van der Waals surface area contributed by atoms with Crippen LogP contribution in [0.5, 0.6) is 0 Å². The van der Waals surface area contributed by atoms with Gasteiger partial charge in [0, 0.05) is 12.5 Å². The molecule has 3 nitrogen and oxygen atoms in total. The number of rotatable bonds is 2. The first-order valence-corrected chi connectivity index (χ1v) is 7.75. The zero-order chi connectivity index (χ0) is 12.6. The van der Waals surface area contributed by atoms with Crippen molar-refractivity contribution in [2.45, 2.75) is 94.0 Å². The predicted molar refractivity (Wildman–Crippen MR) is 71.3 cm³/mol. The molecule has 0 amide bonds. The molecular weight excluding hydrogens is 226 g/mol. The van der Waals surface area contributed by atoms with Crippen LogP contribution in [0.4, 0.5) is 0 Å². The van der Waals surface area contributed by atoms with Gasteiger partial charge in [-0.25, -0.2) is 0 Å². The summed E-state index contributed by atoms with van der Waals surface area (Å²) in [4.78, 5) is 0. The summed E-state index contributed by atoms with van der Waals surface area (Å²) < 4.78 is 6.31. The molecule has 3 rings (SSSR count). The Morgan fingerprint density at radius 2 is 1.67 bits per heavy atom. The van der Waals surface area contributed by atoms with Crippen LogP contribution in [0.3, 0.4) is 0 Å². The van der Waals surface area contributed by atoms with Crippen LogP contribution in [0, 0.1) is 0 Å². The molecule has 1 unspecified atom stereocenters. The van der Waals surface area contributed by atoms with Crippen LogP contribution in [0.2, 0.25) is 0 Å². The molecule has 3 N–H and O–H groups in total. The second kappa shape index (κ2) is 4.77. The predicted octanol–water partition coefficient (Wildman–Crippen LogP) is 2.50. The molecule has 0 aromatic heterocycles. The first-order chi connectivity index (χ1) is 8.59. The van der Waals surface area contributed by atoms with Gasteiger partial charge in [0.15, 0.2) is 0 Å². The van der Waals surface area contributed by atoms with Gasteiger partial charge in [-0.3, -0.25) is 0 Å². The van der Waals surface area contributed by atoms with E-state index >= 15 is 0 Å². The molecule has 1 aliphatic heterocycles. The molecule has 1 atom stereocenters. The highest BCUT2D eigenvalue weighted by Crippen LogP contribution is 2.46. The molecule has 0 bridgehead atoms. The van der Waals surface area contributed by atoms with Crippen molar-refractivity contribution >= 4 is 0 Å². The Bertz CT molecular complexity index is 291. The van der Waals surface area contributed by atoms with Crippen LogP contribution < -0.4 is 5.73 Å². The lowest BCUT2D eigenvalue weighted by Crippen LogP contribution is -2.41. The molecule has 3 heteroatoms. The van der Waals surface area contributed by atoms with Gasteiger partial charge in [0.25, 0.3) is 0 Å². The summed E-state index contributed by atoms with van der Waals surface area (Å²) in [6, 6.07) is 0.302. The Balaban J connectivity index is 1.54. The summed E-state index contributed by atoms with van der Waals surface area (Å²) in [6.07, 6.45) is 12.3. The van der Waals surface area contributed by atoms with Gasteiger partial charge >= 0.3 is 0 Å². The SMILES string of the molecule is NC1CCC(O)(CC2CCC3(CCCC3)O2)CC1. The van der Waals surface area contributed by atoms with Crippen molar-refractivity contribution in [3.8, 4) is 0 Å². The van der Waals surface area contributed by atoms with Crippen LogP contribution in [0.1, 0.15) is 70.6 Å². The molecule has 1 spiro atoms. The second-order valence-corrected chi connectivity index (χ2v) is 6.93. The van der Waals surface area contributed by atoms with E-state index in [0.29, 0.717) is 12.1 Å². The highest BCUT2D eigenvalue weighted by Gasteiger charge is 2.45. The van der Waals surface area contributed by atoms with Crippen molar-refractivity contribution in [1.82, 2.24) is 0 Å². The molecule has 104 valence electrons. The van der Waals surface area contributed by atoms with Gasteiger partial charge in [0.1, 0.15) is 0 Å². The lowest BCUT2D eigenvalue weighted by molar-refractivity contribution is -0.0875. The molecular formula is C15H27NO2. The highest BCUT2D eigenvalue weighted by atomic mass is 16.5. The van der Waals surface area contributed by atoms with Crippen LogP contribution in [-0.2, 0) is 4.74 Å². The molecule has 0 radical (unpaired) electrons. The molecule has 1 heterocycles. The van der Waals surface area contributed by atoms with E-state index in [1.54, 1.807) is 0 Å². The molecule has 2 saturated carbocycles. The van der Waals surface area contributed by atoms with E-state index in [1.165, 1.54) is 32.1 Å². The molecule has 3 fully saturated rings. The summed E-state index contributed by atoms with van der Waals surface area (Å²) in [5.74, 6) is 0. The third kappa shape index (κ3) is 2.59. The number of nitrogens with two attached hydrogens (primary N) is 1. The Labute approximate surface area is 110 Å². The standard InChI is InChI=1S/C15H27NO2/c16-12-3-8-14(17,9-4-12)11-13-5-10-15(18-13)6-1-2-7-15/h12-13,17H,1-11,16H2. The van der Waals surface area contributed by atoms with E-state index < -0.39 is 5.60 Å². The van der Waals surface area contributed by atoms with Gasteiger partial charge < -0.3 is 15.6 Å². The lowest BCUT2D eigenvalue weighted by Gasteiger charge is -2.37. The Hall–Kier alpha value is -0.120. The number of hydrogen-bond donors (Lipinski definition) is 2. The fourth-order valence-electron chi connectivity index (χ4n) is 4.23. The van der Waals surface area contributed by atoms with Crippen molar-refractivity contribution in [2.24, 2.45) is 5.73 Å². The molecule has 0 aromatic rings. The van der Waals surface area contributed by atoms with E-state index in [4.69, 9.17) is 10.5 Å². The zero-order valence-electron chi connectivity index (χ0n) is 11.4. The Morgan fingerprint density at radius 3 is 2.33 bits per heavy atom. The van der Waals surface area contributed by atoms with Gasteiger partial charge in [0.05, 0.1) is 17.3 Å². The van der Waals surface area contributed by atoms with Gasteiger partial charge in [-0.15, -0.1) is 0 Å². The first kappa shape index (κ1) is 12.9. The first-order valence-electron chi connectivity index (χ1n) is 7.75. The highest BCUT2D eigenvalue weighted by molar-refractivity contribution is 4.96. The fourth-order valence-corrected chi connectivity index (χ4v) is 4.23. The van der Waals surface area contributed by atoms with E-state index in [1.807, 2.05) is 0 Å². The normalized spacial score (nSPS) is 43.7. The quantitative estimate of drug-likeness (QED) is 0.795. The number of ether oxygens (including phenoxy) is 1. The summed E-state index contributed by atoms with van der Waals surface area (Å²) >= 11 is 0. The van der Waals surface area contributed by atoms with E-state index in [0.717, 1.165) is 38.5 Å². The number of hydrogen-bond acceptors (Lipinski definition) is 3. The maximum atomic E-state index is 10.6. The minimum Gasteiger partial charge on any atom is -0.390 e. The van der Waals surface area contributed by atoms with Crippen molar-refractivity contribution in [3.63, 3.8) is 0 Å². The van der Waals surface area contributed by atoms with Crippen molar-refractivity contribution < 1.29 is 9.84 Å². The summed E-state index contributed by atoms with van der Waals surface area (Å²) in [5, 5.41) is 10.6. The monoisotopic (exact) mass is 253 g/mol. The molecule has 0 aromatic carbocycles. The summed E-state index contributed by atoms with van der Waals surface area (Å²) in [7, 11) is 0. The lowest BCUT2D eigenvalue weighted by atomic mass is 9.79. The van der Waals surface area contributed by atoms with Gasteiger partial charge in [-0.05, 0) is 51.4 Å². The zero-order valence-corrected chi connectivity index (χ0v) is 11.4. The van der Waals surface area contributed by atoms with Crippen molar-refractivity contribution in [2.75, 3.05) is 0 Å². The number of aliphatic hydroxyl groups is 1. The third-order valence-corrected chi connectivity index (χ3v) is 5.42. The maximum absolute atomic E-state index is 10.6. The summed E-state index contributed by atoms with van der Waals surface area (Å²) in [5.41, 5.74) is 5.62. The van der Waals surface area contributed by atoms with Gasteiger partial charge in [-0.2, -0.15) is 0 Å². The Morgan fingerprint density at radius 1 is 1.00 bits per heavy atom. The van der Waals surface area contributed by atoms with E-state index in [2.05, 4.69) is 0 Å². The second-order valence-electron chi connectivity index (χ2n) is 6.93. The molecule has 1 saturated heterocycles. The van der Waals surface area contributed by atoms with Crippen LogP contribution in [-0.4, -0.2) is 28.5 Å². The van der Waals surface area contributed by atoms with Crippen LogP contribution >= 0.6 is 0 Å². The molecule has 3 aliphatic rings. The minimum absolute atomic E-state index is 0.200. The molecule has 2 aliphatic carbocycles. The maximum Gasteiger partial charge on any atom is 0.0687 e.